The molecule has 1 saturated heterocycles. The standard InChI is InChI=1S/C18H28N4O3/c1-3-25-18(24)12-4-6-14(7-5-12)21-17(23)16-10-19-9-15(16)13-8-20-22(2)11-13/h8,11-12,14-16,19H,3-7,9-10H2,1-2H3,(H,21,23)/t12?,14?,15-,16+/m1/s1. The topological polar surface area (TPSA) is 85.2 Å². The monoisotopic (exact) mass is 348 g/mol. The van der Waals surface area contributed by atoms with Gasteiger partial charge in [0, 0.05) is 38.3 Å². The molecule has 0 radical (unpaired) electrons. The first-order valence-corrected chi connectivity index (χ1v) is 9.24. The van der Waals surface area contributed by atoms with Crippen LogP contribution in [0.2, 0.25) is 0 Å². The molecular weight excluding hydrogens is 320 g/mol. The Balaban J connectivity index is 1.52. The zero-order chi connectivity index (χ0) is 17.8. The molecule has 1 aliphatic heterocycles. The molecule has 0 unspecified atom stereocenters. The lowest BCUT2D eigenvalue weighted by atomic mass is 9.85. The van der Waals surface area contributed by atoms with E-state index < -0.39 is 0 Å². The van der Waals surface area contributed by atoms with Crippen molar-refractivity contribution in [3.05, 3.63) is 18.0 Å². The number of hydrogen-bond acceptors (Lipinski definition) is 5. The molecule has 0 spiro atoms. The van der Waals surface area contributed by atoms with E-state index in [9.17, 15) is 9.59 Å². The molecule has 1 saturated carbocycles. The number of hydrogen-bond donors (Lipinski definition) is 2. The Labute approximate surface area is 148 Å². The van der Waals surface area contributed by atoms with Gasteiger partial charge in [0.25, 0.3) is 0 Å². The van der Waals surface area contributed by atoms with Crippen LogP contribution in [0.15, 0.2) is 12.4 Å². The Hall–Kier alpha value is -1.89. The second-order valence-corrected chi connectivity index (χ2v) is 7.13. The molecule has 2 aliphatic rings. The Morgan fingerprint density at radius 3 is 2.72 bits per heavy atom. The van der Waals surface area contributed by atoms with Crippen LogP contribution in [0.5, 0.6) is 0 Å². The minimum atomic E-state index is -0.0936. The fraction of sp³-hybridized carbons (Fsp3) is 0.722. The number of esters is 1. The second-order valence-electron chi connectivity index (χ2n) is 7.13. The SMILES string of the molecule is CCOC(=O)C1CCC(NC(=O)[C@H]2CNC[C@@H]2c2cnn(C)c2)CC1. The van der Waals surface area contributed by atoms with Crippen LogP contribution in [0.4, 0.5) is 0 Å². The van der Waals surface area contributed by atoms with Crippen molar-refractivity contribution in [1.82, 2.24) is 20.4 Å². The van der Waals surface area contributed by atoms with Crippen LogP contribution in [0.1, 0.15) is 44.1 Å². The van der Waals surface area contributed by atoms with E-state index in [0.29, 0.717) is 13.2 Å². The van der Waals surface area contributed by atoms with Gasteiger partial charge in [-0.1, -0.05) is 0 Å². The normalized spacial score (nSPS) is 29.4. The minimum absolute atomic E-state index is 0.00982. The predicted octanol–water partition coefficient (Wildman–Crippen LogP) is 0.961. The maximum absolute atomic E-state index is 12.8. The molecule has 0 bridgehead atoms. The fourth-order valence-corrected chi connectivity index (χ4v) is 3.98. The third-order valence-corrected chi connectivity index (χ3v) is 5.40. The summed E-state index contributed by atoms with van der Waals surface area (Å²) >= 11 is 0. The fourth-order valence-electron chi connectivity index (χ4n) is 3.98. The summed E-state index contributed by atoms with van der Waals surface area (Å²) in [6, 6.07) is 0.160. The van der Waals surface area contributed by atoms with E-state index >= 15 is 0 Å². The molecule has 7 heteroatoms. The maximum Gasteiger partial charge on any atom is 0.308 e. The molecule has 1 aliphatic carbocycles. The van der Waals surface area contributed by atoms with Gasteiger partial charge in [0.1, 0.15) is 0 Å². The van der Waals surface area contributed by atoms with E-state index in [4.69, 9.17) is 4.74 Å². The van der Waals surface area contributed by atoms with Crippen molar-refractivity contribution in [3.8, 4) is 0 Å². The van der Waals surface area contributed by atoms with Crippen molar-refractivity contribution in [2.45, 2.75) is 44.6 Å². The number of aryl methyl sites for hydroxylation is 1. The van der Waals surface area contributed by atoms with Gasteiger partial charge in [-0.15, -0.1) is 0 Å². The Morgan fingerprint density at radius 1 is 1.32 bits per heavy atom. The van der Waals surface area contributed by atoms with Gasteiger partial charge >= 0.3 is 5.97 Å². The number of nitrogens with one attached hydrogen (secondary N) is 2. The van der Waals surface area contributed by atoms with E-state index in [1.165, 1.54) is 0 Å². The summed E-state index contributed by atoms with van der Waals surface area (Å²) in [5.74, 6) is 0.114. The van der Waals surface area contributed by atoms with Gasteiger partial charge in [-0.2, -0.15) is 5.10 Å². The molecule has 3 rings (SSSR count). The van der Waals surface area contributed by atoms with E-state index in [-0.39, 0.29) is 35.7 Å². The summed E-state index contributed by atoms with van der Waals surface area (Å²) < 4.78 is 6.88. The molecule has 2 heterocycles. The number of carbonyl (C=O) groups is 2. The van der Waals surface area contributed by atoms with Crippen LogP contribution in [0.3, 0.4) is 0 Å². The van der Waals surface area contributed by atoms with Gasteiger partial charge in [-0.05, 0) is 38.2 Å². The molecule has 1 aromatic rings. The highest BCUT2D eigenvalue weighted by molar-refractivity contribution is 5.81. The lowest BCUT2D eigenvalue weighted by Crippen LogP contribution is -2.43. The molecular formula is C18H28N4O3. The summed E-state index contributed by atoms with van der Waals surface area (Å²) in [6.07, 6.45) is 7.10. The number of rotatable bonds is 5. The zero-order valence-corrected chi connectivity index (χ0v) is 15.0. The van der Waals surface area contributed by atoms with Gasteiger partial charge < -0.3 is 15.4 Å². The van der Waals surface area contributed by atoms with E-state index in [1.54, 1.807) is 4.68 Å². The zero-order valence-electron chi connectivity index (χ0n) is 15.0. The summed E-state index contributed by atoms with van der Waals surface area (Å²) in [5, 5.41) is 10.7. The molecule has 0 aromatic carbocycles. The smallest absolute Gasteiger partial charge is 0.308 e. The highest BCUT2D eigenvalue weighted by Crippen LogP contribution is 2.30. The first-order chi connectivity index (χ1) is 12.1. The van der Waals surface area contributed by atoms with Crippen LogP contribution in [-0.2, 0) is 21.4 Å². The average molecular weight is 348 g/mol. The summed E-state index contributed by atoms with van der Waals surface area (Å²) in [4.78, 5) is 24.6. The van der Waals surface area contributed by atoms with Gasteiger partial charge in [-0.3, -0.25) is 14.3 Å². The molecule has 25 heavy (non-hydrogen) atoms. The number of nitrogens with zero attached hydrogens (tertiary/aromatic N) is 2. The van der Waals surface area contributed by atoms with Crippen molar-refractivity contribution in [2.75, 3.05) is 19.7 Å². The molecule has 2 atom stereocenters. The van der Waals surface area contributed by atoms with Gasteiger partial charge in [0.05, 0.1) is 24.6 Å². The molecule has 2 N–H and O–H groups in total. The number of ether oxygens (including phenoxy) is 1. The first-order valence-electron chi connectivity index (χ1n) is 9.24. The number of amides is 1. The summed E-state index contributed by atoms with van der Waals surface area (Å²) in [6.45, 7) is 3.76. The first kappa shape index (κ1) is 17.9. The van der Waals surface area contributed by atoms with Crippen molar-refractivity contribution >= 4 is 11.9 Å². The van der Waals surface area contributed by atoms with Crippen LogP contribution in [0.25, 0.3) is 0 Å². The number of aromatic nitrogens is 2. The maximum atomic E-state index is 12.8. The van der Waals surface area contributed by atoms with Gasteiger partial charge in [-0.25, -0.2) is 0 Å². The molecule has 1 amide bonds. The van der Waals surface area contributed by atoms with Crippen LogP contribution >= 0.6 is 0 Å². The second kappa shape index (κ2) is 7.99. The van der Waals surface area contributed by atoms with Crippen LogP contribution < -0.4 is 10.6 Å². The van der Waals surface area contributed by atoms with Crippen molar-refractivity contribution in [1.29, 1.82) is 0 Å². The van der Waals surface area contributed by atoms with Gasteiger partial charge in [0.15, 0.2) is 0 Å². The lowest BCUT2D eigenvalue weighted by Gasteiger charge is -2.29. The lowest BCUT2D eigenvalue weighted by molar-refractivity contribution is -0.149. The van der Waals surface area contributed by atoms with Crippen molar-refractivity contribution < 1.29 is 14.3 Å². The largest absolute Gasteiger partial charge is 0.466 e. The quantitative estimate of drug-likeness (QED) is 0.774. The van der Waals surface area contributed by atoms with Crippen LogP contribution in [0, 0.1) is 11.8 Å². The Kier molecular flexibility index (Phi) is 5.73. The van der Waals surface area contributed by atoms with Crippen LogP contribution in [-0.4, -0.2) is 47.4 Å². The average Bonchev–Trinajstić information content (AvgIpc) is 3.24. The number of carbonyl (C=O) groups excluding carboxylic acids is 2. The molecule has 138 valence electrons. The summed E-state index contributed by atoms with van der Waals surface area (Å²) in [7, 11) is 1.89. The highest BCUT2D eigenvalue weighted by atomic mass is 16.5. The van der Waals surface area contributed by atoms with Crippen molar-refractivity contribution in [2.24, 2.45) is 18.9 Å². The summed E-state index contributed by atoms with van der Waals surface area (Å²) in [5.41, 5.74) is 1.11. The van der Waals surface area contributed by atoms with Gasteiger partial charge in [0.2, 0.25) is 5.91 Å². The third-order valence-electron chi connectivity index (χ3n) is 5.40. The molecule has 2 fully saturated rings. The van der Waals surface area contributed by atoms with E-state index in [0.717, 1.165) is 37.8 Å². The predicted molar refractivity (Wildman–Crippen MR) is 92.8 cm³/mol. The highest BCUT2D eigenvalue weighted by Gasteiger charge is 2.36. The third kappa shape index (κ3) is 4.21. The van der Waals surface area contributed by atoms with Crippen molar-refractivity contribution in [3.63, 3.8) is 0 Å². The van der Waals surface area contributed by atoms with E-state index in [2.05, 4.69) is 15.7 Å². The molecule has 7 nitrogen and oxygen atoms in total. The minimum Gasteiger partial charge on any atom is -0.466 e. The molecule has 1 aromatic heterocycles. The Bertz CT molecular complexity index is 607. The Morgan fingerprint density at radius 2 is 2.08 bits per heavy atom. The van der Waals surface area contributed by atoms with E-state index in [1.807, 2.05) is 26.4 Å².